The SMILES string of the molecule is CCCC(c1cccs1)n1ccc2c1CC(C)(C)CC2O. The van der Waals surface area contributed by atoms with Gasteiger partial charge < -0.3 is 9.67 Å². The number of hydrogen-bond acceptors (Lipinski definition) is 2. The molecule has 1 aliphatic rings. The van der Waals surface area contributed by atoms with E-state index >= 15 is 0 Å². The molecule has 0 aromatic carbocycles. The van der Waals surface area contributed by atoms with Crippen LogP contribution in [0.15, 0.2) is 29.8 Å². The van der Waals surface area contributed by atoms with E-state index in [1.807, 2.05) is 11.3 Å². The van der Waals surface area contributed by atoms with Crippen LogP contribution in [0.4, 0.5) is 0 Å². The van der Waals surface area contributed by atoms with E-state index in [0.29, 0.717) is 6.04 Å². The van der Waals surface area contributed by atoms with Crippen LogP contribution in [-0.4, -0.2) is 9.67 Å². The Balaban J connectivity index is 2.03. The van der Waals surface area contributed by atoms with Crippen LogP contribution in [0.5, 0.6) is 0 Å². The molecule has 21 heavy (non-hydrogen) atoms. The van der Waals surface area contributed by atoms with Crippen molar-refractivity contribution in [1.29, 1.82) is 0 Å². The Morgan fingerprint density at radius 3 is 2.90 bits per heavy atom. The number of rotatable bonds is 4. The van der Waals surface area contributed by atoms with E-state index in [0.717, 1.165) is 24.8 Å². The van der Waals surface area contributed by atoms with Crippen LogP contribution in [0, 0.1) is 5.41 Å². The molecule has 2 aromatic rings. The first-order valence-corrected chi connectivity index (χ1v) is 8.81. The zero-order chi connectivity index (χ0) is 15.0. The Kier molecular flexibility index (Phi) is 3.98. The number of nitrogens with zero attached hydrogens (tertiary/aromatic N) is 1. The van der Waals surface area contributed by atoms with E-state index in [9.17, 15) is 5.11 Å². The smallest absolute Gasteiger partial charge is 0.0812 e. The highest BCUT2D eigenvalue weighted by Crippen LogP contribution is 2.43. The van der Waals surface area contributed by atoms with Gasteiger partial charge in [0.25, 0.3) is 0 Å². The van der Waals surface area contributed by atoms with Gasteiger partial charge in [-0.1, -0.05) is 33.3 Å². The van der Waals surface area contributed by atoms with Gasteiger partial charge in [0.2, 0.25) is 0 Å². The van der Waals surface area contributed by atoms with E-state index < -0.39 is 0 Å². The number of aromatic nitrogens is 1. The molecule has 114 valence electrons. The molecular formula is C18H25NOS. The minimum absolute atomic E-state index is 0.175. The van der Waals surface area contributed by atoms with E-state index in [-0.39, 0.29) is 11.5 Å². The molecule has 1 N–H and O–H groups in total. The van der Waals surface area contributed by atoms with E-state index in [4.69, 9.17) is 0 Å². The van der Waals surface area contributed by atoms with Crippen LogP contribution >= 0.6 is 11.3 Å². The van der Waals surface area contributed by atoms with Crippen molar-refractivity contribution in [2.24, 2.45) is 5.41 Å². The maximum absolute atomic E-state index is 10.4. The van der Waals surface area contributed by atoms with E-state index in [1.54, 1.807) is 0 Å². The lowest BCUT2D eigenvalue weighted by molar-refractivity contribution is 0.0976. The topological polar surface area (TPSA) is 25.2 Å². The summed E-state index contributed by atoms with van der Waals surface area (Å²) in [6.45, 7) is 6.77. The molecule has 0 aliphatic heterocycles. The molecule has 2 unspecified atom stereocenters. The van der Waals surface area contributed by atoms with Crippen molar-refractivity contribution in [3.8, 4) is 0 Å². The van der Waals surface area contributed by atoms with Crippen molar-refractivity contribution in [2.75, 3.05) is 0 Å². The predicted octanol–water partition coefficient (Wildman–Crippen LogP) is 4.94. The average molecular weight is 303 g/mol. The summed E-state index contributed by atoms with van der Waals surface area (Å²) < 4.78 is 2.43. The summed E-state index contributed by atoms with van der Waals surface area (Å²) in [7, 11) is 0. The summed E-state index contributed by atoms with van der Waals surface area (Å²) in [5.41, 5.74) is 2.66. The molecule has 0 fully saturated rings. The quantitative estimate of drug-likeness (QED) is 0.850. The lowest BCUT2D eigenvalue weighted by Crippen LogP contribution is -2.27. The van der Waals surface area contributed by atoms with Crippen molar-refractivity contribution in [2.45, 2.75) is 58.6 Å². The Bertz CT molecular complexity index is 597. The normalized spacial score (nSPS) is 22.0. The molecule has 0 spiro atoms. The molecule has 2 nitrogen and oxygen atoms in total. The molecule has 2 atom stereocenters. The van der Waals surface area contributed by atoms with Gasteiger partial charge in [-0.05, 0) is 42.2 Å². The molecule has 0 bridgehead atoms. The van der Waals surface area contributed by atoms with Crippen molar-refractivity contribution < 1.29 is 5.11 Å². The van der Waals surface area contributed by atoms with Crippen LogP contribution < -0.4 is 0 Å². The highest BCUT2D eigenvalue weighted by atomic mass is 32.1. The van der Waals surface area contributed by atoms with Crippen LogP contribution in [0.3, 0.4) is 0 Å². The lowest BCUT2D eigenvalue weighted by atomic mass is 9.75. The number of hydrogen-bond donors (Lipinski definition) is 1. The Labute approximate surface area is 131 Å². The maximum Gasteiger partial charge on any atom is 0.0812 e. The molecule has 3 heteroatoms. The van der Waals surface area contributed by atoms with Crippen LogP contribution in [0.25, 0.3) is 0 Å². The molecule has 3 rings (SSSR count). The van der Waals surface area contributed by atoms with Crippen molar-refractivity contribution >= 4 is 11.3 Å². The summed E-state index contributed by atoms with van der Waals surface area (Å²) in [5, 5.41) is 12.6. The van der Waals surface area contributed by atoms with Crippen LogP contribution in [0.1, 0.15) is 68.3 Å². The number of aliphatic hydroxyl groups excluding tert-OH is 1. The molecule has 2 aromatic heterocycles. The third kappa shape index (κ3) is 2.82. The number of aliphatic hydroxyl groups is 1. The third-order valence-corrected chi connectivity index (χ3v) is 5.55. The molecule has 0 saturated heterocycles. The molecular weight excluding hydrogens is 278 g/mol. The monoisotopic (exact) mass is 303 g/mol. The molecule has 0 amide bonds. The second kappa shape index (κ2) is 5.62. The fourth-order valence-electron chi connectivity index (χ4n) is 3.62. The summed E-state index contributed by atoms with van der Waals surface area (Å²) in [6, 6.07) is 6.92. The first-order valence-electron chi connectivity index (χ1n) is 7.93. The summed E-state index contributed by atoms with van der Waals surface area (Å²) in [6.07, 6.45) is 6.12. The highest BCUT2D eigenvalue weighted by molar-refractivity contribution is 7.10. The second-order valence-electron chi connectivity index (χ2n) is 7.01. The Morgan fingerprint density at radius 1 is 1.43 bits per heavy atom. The zero-order valence-corrected chi connectivity index (χ0v) is 14.0. The van der Waals surface area contributed by atoms with Gasteiger partial charge in [0.05, 0.1) is 12.1 Å². The number of thiophene rings is 1. The molecule has 2 heterocycles. The minimum Gasteiger partial charge on any atom is -0.388 e. The molecule has 0 saturated carbocycles. The fraction of sp³-hybridized carbons (Fsp3) is 0.556. The second-order valence-corrected chi connectivity index (χ2v) is 7.99. The van der Waals surface area contributed by atoms with Crippen molar-refractivity contribution in [1.82, 2.24) is 4.57 Å². The Morgan fingerprint density at radius 2 is 2.24 bits per heavy atom. The van der Waals surface area contributed by atoms with Crippen molar-refractivity contribution in [3.05, 3.63) is 45.9 Å². The summed E-state index contributed by atoms with van der Waals surface area (Å²) in [4.78, 5) is 1.42. The van der Waals surface area contributed by atoms with Crippen LogP contribution in [0.2, 0.25) is 0 Å². The molecule has 0 radical (unpaired) electrons. The predicted molar refractivity (Wildman–Crippen MR) is 88.9 cm³/mol. The highest BCUT2D eigenvalue weighted by Gasteiger charge is 2.34. The third-order valence-electron chi connectivity index (χ3n) is 4.58. The van der Waals surface area contributed by atoms with Gasteiger partial charge in [0, 0.05) is 22.3 Å². The van der Waals surface area contributed by atoms with Gasteiger partial charge in [-0.3, -0.25) is 0 Å². The molecule has 1 aliphatic carbocycles. The van der Waals surface area contributed by atoms with Gasteiger partial charge in [-0.15, -0.1) is 11.3 Å². The lowest BCUT2D eigenvalue weighted by Gasteiger charge is -2.35. The fourth-order valence-corrected chi connectivity index (χ4v) is 4.48. The van der Waals surface area contributed by atoms with Crippen molar-refractivity contribution in [3.63, 3.8) is 0 Å². The first kappa shape index (κ1) is 14.9. The summed E-state index contributed by atoms with van der Waals surface area (Å²) in [5.74, 6) is 0. The minimum atomic E-state index is -0.310. The van der Waals surface area contributed by atoms with Gasteiger partial charge >= 0.3 is 0 Å². The average Bonchev–Trinajstić information content (AvgIpc) is 3.04. The first-order chi connectivity index (χ1) is 10.0. The zero-order valence-electron chi connectivity index (χ0n) is 13.2. The van der Waals surface area contributed by atoms with Gasteiger partial charge in [0.1, 0.15) is 0 Å². The largest absolute Gasteiger partial charge is 0.388 e. The summed E-state index contributed by atoms with van der Waals surface area (Å²) >= 11 is 1.84. The Hall–Kier alpha value is -1.06. The van der Waals surface area contributed by atoms with E-state index in [2.05, 4.69) is 55.1 Å². The van der Waals surface area contributed by atoms with Gasteiger partial charge in [-0.2, -0.15) is 0 Å². The standard InChI is InChI=1S/C18H25NOS/c1-4-6-14(17-7-5-10-21-17)19-9-8-13-15(19)11-18(2,3)12-16(13)20/h5,7-10,14,16,20H,4,6,11-12H2,1-3H3. The van der Waals surface area contributed by atoms with Crippen LogP contribution in [-0.2, 0) is 6.42 Å². The van der Waals surface area contributed by atoms with Gasteiger partial charge in [0.15, 0.2) is 0 Å². The van der Waals surface area contributed by atoms with E-state index in [1.165, 1.54) is 17.0 Å². The maximum atomic E-state index is 10.4. The van der Waals surface area contributed by atoms with Gasteiger partial charge in [-0.25, -0.2) is 0 Å². The number of fused-ring (bicyclic) bond motifs is 1.